The molecule has 1 N–H and O–H groups in total. The molecule has 1 saturated heterocycles. The summed E-state index contributed by atoms with van der Waals surface area (Å²) >= 11 is 7.09. The van der Waals surface area contributed by atoms with Gasteiger partial charge in [-0.15, -0.1) is 0 Å². The summed E-state index contributed by atoms with van der Waals surface area (Å²) in [7, 11) is 0. The van der Waals surface area contributed by atoms with Crippen molar-refractivity contribution in [2.24, 2.45) is 4.99 Å². The molecule has 6 nitrogen and oxygen atoms in total. The first-order valence-electron chi connectivity index (χ1n) is 7.07. The quantitative estimate of drug-likeness (QED) is 0.664. The summed E-state index contributed by atoms with van der Waals surface area (Å²) in [6.45, 7) is 0. The Kier molecular flexibility index (Phi) is 4.82. The molecule has 0 saturated carbocycles. The molecule has 1 atom stereocenters. The zero-order valence-electron chi connectivity index (χ0n) is 12.3. The smallest absolute Gasteiger partial charge is 0.272 e. The normalized spacial score (nSPS) is 18.6. The third-order valence-corrected chi connectivity index (χ3v) is 4.76. The number of benzene rings is 2. The van der Waals surface area contributed by atoms with Gasteiger partial charge in [0.1, 0.15) is 0 Å². The highest BCUT2D eigenvalue weighted by Gasteiger charge is 2.32. The Morgan fingerprint density at radius 1 is 1.21 bits per heavy atom. The zero-order chi connectivity index (χ0) is 17.1. The number of hydrogen-bond acceptors (Lipinski definition) is 5. The molecule has 122 valence electrons. The molecule has 0 radical (unpaired) electrons. The summed E-state index contributed by atoms with van der Waals surface area (Å²) in [5, 5.41) is 14.4. The van der Waals surface area contributed by atoms with Crippen LogP contribution in [0.25, 0.3) is 0 Å². The molecule has 3 rings (SSSR count). The Morgan fingerprint density at radius 3 is 2.62 bits per heavy atom. The molecule has 2 aromatic carbocycles. The van der Waals surface area contributed by atoms with E-state index in [9.17, 15) is 14.9 Å². The molecular weight excluding hydrogens is 350 g/mol. The number of amides is 1. The van der Waals surface area contributed by atoms with Gasteiger partial charge in [-0.3, -0.25) is 14.9 Å². The molecule has 0 bridgehead atoms. The van der Waals surface area contributed by atoms with Crippen LogP contribution >= 0.6 is 23.4 Å². The van der Waals surface area contributed by atoms with Crippen LogP contribution in [-0.2, 0) is 11.2 Å². The number of para-hydroxylation sites is 1. The highest BCUT2D eigenvalue weighted by atomic mass is 35.5. The SMILES string of the molecule is O=C1NC(=Nc2ccc(Cl)cc2)S[C@H]1Cc1ccccc1[N+](=O)[O-]. The minimum Gasteiger partial charge on any atom is -0.304 e. The number of nitrogens with zero attached hydrogens (tertiary/aromatic N) is 2. The Bertz CT molecular complexity index is 824. The molecule has 8 heteroatoms. The highest BCUT2D eigenvalue weighted by molar-refractivity contribution is 8.15. The lowest BCUT2D eigenvalue weighted by molar-refractivity contribution is -0.385. The van der Waals surface area contributed by atoms with E-state index >= 15 is 0 Å². The van der Waals surface area contributed by atoms with Gasteiger partial charge in [-0.25, -0.2) is 4.99 Å². The number of hydrogen-bond donors (Lipinski definition) is 1. The molecule has 0 unspecified atom stereocenters. The van der Waals surface area contributed by atoms with Crippen molar-refractivity contribution in [1.82, 2.24) is 5.32 Å². The van der Waals surface area contributed by atoms with Crippen molar-refractivity contribution in [3.63, 3.8) is 0 Å². The fourth-order valence-corrected chi connectivity index (χ4v) is 3.43. The van der Waals surface area contributed by atoms with Gasteiger partial charge in [0.2, 0.25) is 5.91 Å². The average molecular weight is 362 g/mol. The van der Waals surface area contributed by atoms with E-state index in [1.54, 1.807) is 42.5 Å². The van der Waals surface area contributed by atoms with E-state index in [4.69, 9.17) is 11.6 Å². The van der Waals surface area contributed by atoms with Gasteiger partial charge in [0.25, 0.3) is 5.69 Å². The number of aliphatic imine (C=N–C) groups is 1. The Hall–Kier alpha value is -2.38. The summed E-state index contributed by atoms with van der Waals surface area (Å²) in [6, 6.07) is 13.4. The van der Waals surface area contributed by atoms with Gasteiger partial charge in [-0.2, -0.15) is 0 Å². The van der Waals surface area contributed by atoms with Crippen LogP contribution in [0.1, 0.15) is 5.56 Å². The first-order valence-corrected chi connectivity index (χ1v) is 8.33. The van der Waals surface area contributed by atoms with Crippen LogP contribution in [0.2, 0.25) is 5.02 Å². The number of nitro groups is 1. The van der Waals surface area contributed by atoms with Gasteiger partial charge in [-0.05, 0) is 24.3 Å². The number of carbonyl (C=O) groups excluding carboxylic acids is 1. The lowest BCUT2D eigenvalue weighted by Gasteiger charge is -2.05. The molecule has 24 heavy (non-hydrogen) atoms. The van der Waals surface area contributed by atoms with E-state index in [-0.39, 0.29) is 18.0 Å². The van der Waals surface area contributed by atoms with Gasteiger partial charge in [0.05, 0.1) is 15.9 Å². The van der Waals surface area contributed by atoms with E-state index < -0.39 is 10.2 Å². The number of amidine groups is 1. The lowest BCUT2D eigenvalue weighted by atomic mass is 10.1. The molecule has 1 aliphatic rings. The minimum absolute atomic E-state index is 0.0222. The number of halogens is 1. The topological polar surface area (TPSA) is 84.6 Å². The number of nitrogens with one attached hydrogen (secondary N) is 1. The largest absolute Gasteiger partial charge is 0.304 e. The summed E-state index contributed by atoms with van der Waals surface area (Å²) in [6.07, 6.45) is 0.271. The Labute approximate surface area is 147 Å². The first-order chi connectivity index (χ1) is 11.5. The van der Waals surface area contributed by atoms with E-state index in [0.29, 0.717) is 21.4 Å². The van der Waals surface area contributed by atoms with Crippen LogP contribution in [-0.4, -0.2) is 21.2 Å². The predicted octanol–water partition coefficient (Wildman–Crippen LogP) is 3.71. The van der Waals surface area contributed by atoms with Crippen LogP contribution in [0.4, 0.5) is 11.4 Å². The molecule has 1 amide bonds. The zero-order valence-corrected chi connectivity index (χ0v) is 13.9. The number of rotatable bonds is 4. The van der Waals surface area contributed by atoms with Gasteiger partial charge < -0.3 is 5.32 Å². The van der Waals surface area contributed by atoms with Gasteiger partial charge in [0, 0.05) is 23.1 Å². The average Bonchev–Trinajstić information content (AvgIpc) is 2.89. The minimum atomic E-state index is -0.447. The molecule has 0 aliphatic carbocycles. The molecule has 2 aromatic rings. The van der Waals surface area contributed by atoms with Gasteiger partial charge in [-0.1, -0.05) is 41.6 Å². The fourth-order valence-electron chi connectivity index (χ4n) is 2.29. The van der Waals surface area contributed by atoms with Gasteiger partial charge >= 0.3 is 0 Å². The maximum atomic E-state index is 12.1. The standard InChI is InChI=1S/C16H12ClN3O3S/c17-11-5-7-12(8-6-11)18-16-19-15(21)14(24-16)9-10-3-1-2-4-13(10)20(22)23/h1-8,14H,9H2,(H,18,19,21)/t14-/m0/s1. The first kappa shape index (κ1) is 16.5. The Balaban J connectivity index is 1.76. The lowest BCUT2D eigenvalue weighted by Crippen LogP contribution is -2.26. The second-order valence-electron chi connectivity index (χ2n) is 5.08. The van der Waals surface area contributed by atoms with Crippen LogP contribution in [0.15, 0.2) is 53.5 Å². The third-order valence-electron chi connectivity index (χ3n) is 3.43. The monoisotopic (exact) mass is 361 g/mol. The van der Waals surface area contributed by atoms with Crippen molar-refractivity contribution in [2.45, 2.75) is 11.7 Å². The van der Waals surface area contributed by atoms with E-state index in [2.05, 4.69) is 10.3 Å². The molecule has 1 aliphatic heterocycles. The number of thioether (sulfide) groups is 1. The summed E-state index contributed by atoms with van der Waals surface area (Å²) in [4.78, 5) is 27.1. The predicted molar refractivity (Wildman–Crippen MR) is 94.9 cm³/mol. The molecule has 0 aromatic heterocycles. The summed E-state index contributed by atoms with van der Waals surface area (Å²) < 4.78 is 0. The summed E-state index contributed by atoms with van der Waals surface area (Å²) in [5.74, 6) is -0.203. The van der Waals surface area contributed by atoms with E-state index in [0.717, 1.165) is 0 Å². The molecular formula is C16H12ClN3O3S. The highest BCUT2D eigenvalue weighted by Crippen LogP contribution is 2.29. The van der Waals surface area contributed by atoms with Crippen molar-refractivity contribution in [2.75, 3.05) is 0 Å². The van der Waals surface area contributed by atoms with Crippen LogP contribution in [0, 0.1) is 10.1 Å². The molecule has 1 heterocycles. The van der Waals surface area contributed by atoms with Crippen LogP contribution in [0.3, 0.4) is 0 Å². The maximum Gasteiger partial charge on any atom is 0.272 e. The Morgan fingerprint density at radius 2 is 1.92 bits per heavy atom. The van der Waals surface area contributed by atoms with E-state index in [1.807, 2.05) is 0 Å². The maximum absolute atomic E-state index is 12.1. The van der Waals surface area contributed by atoms with Crippen molar-refractivity contribution in [1.29, 1.82) is 0 Å². The van der Waals surface area contributed by atoms with E-state index in [1.165, 1.54) is 17.8 Å². The van der Waals surface area contributed by atoms with Crippen molar-refractivity contribution >= 4 is 45.8 Å². The second kappa shape index (κ2) is 7.02. The van der Waals surface area contributed by atoms with Crippen molar-refractivity contribution < 1.29 is 9.72 Å². The van der Waals surface area contributed by atoms with Crippen molar-refractivity contribution in [3.05, 3.63) is 69.2 Å². The number of nitro benzene ring substituents is 1. The number of carbonyl (C=O) groups is 1. The second-order valence-corrected chi connectivity index (χ2v) is 6.71. The molecule has 0 spiro atoms. The third kappa shape index (κ3) is 3.74. The van der Waals surface area contributed by atoms with Gasteiger partial charge in [0.15, 0.2) is 5.17 Å². The van der Waals surface area contributed by atoms with Crippen LogP contribution < -0.4 is 5.32 Å². The van der Waals surface area contributed by atoms with Crippen molar-refractivity contribution in [3.8, 4) is 0 Å². The summed E-state index contributed by atoms with van der Waals surface area (Å²) in [5.41, 5.74) is 1.23. The fraction of sp³-hybridized carbons (Fsp3) is 0.125. The molecule has 1 fully saturated rings. The van der Waals surface area contributed by atoms with Crippen LogP contribution in [0.5, 0.6) is 0 Å².